The molecule has 2 unspecified atom stereocenters. The summed E-state index contributed by atoms with van der Waals surface area (Å²) in [5.41, 5.74) is 4.01. The molecule has 2 nitrogen and oxygen atoms in total. The fraction of sp³-hybridized carbons (Fsp3) is 0.348. The lowest BCUT2D eigenvalue weighted by molar-refractivity contribution is -0.148. The first-order valence-corrected chi connectivity index (χ1v) is 9.26. The summed E-state index contributed by atoms with van der Waals surface area (Å²) in [5, 5.41) is 10.5. The van der Waals surface area contributed by atoms with Crippen molar-refractivity contribution in [2.24, 2.45) is 5.41 Å². The Kier molecular flexibility index (Phi) is 4.20. The fourth-order valence-corrected chi connectivity index (χ4v) is 4.89. The maximum absolute atomic E-state index is 12.8. The van der Waals surface area contributed by atoms with Crippen LogP contribution >= 0.6 is 0 Å². The van der Waals surface area contributed by atoms with E-state index in [9.17, 15) is 9.90 Å². The van der Waals surface area contributed by atoms with Crippen molar-refractivity contribution in [1.82, 2.24) is 0 Å². The normalized spacial score (nSPS) is 21.4. The first kappa shape index (κ1) is 16.1. The highest BCUT2D eigenvalue weighted by atomic mass is 16.4. The number of hydrogen-bond donors (Lipinski definition) is 1. The molecule has 2 aliphatic rings. The first-order valence-electron chi connectivity index (χ1n) is 9.26. The van der Waals surface area contributed by atoms with Crippen LogP contribution in [0.3, 0.4) is 0 Å². The van der Waals surface area contributed by atoms with Gasteiger partial charge in [0.1, 0.15) is 0 Å². The molecule has 0 spiro atoms. The maximum atomic E-state index is 12.8. The molecule has 0 radical (unpaired) electrons. The van der Waals surface area contributed by atoms with Crippen LogP contribution in [0.25, 0.3) is 0 Å². The lowest BCUT2D eigenvalue weighted by Crippen LogP contribution is -2.40. The second-order valence-corrected chi connectivity index (χ2v) is 7.35. The minimum Gasteiger partial charge on any atom is -0.481 e. The number of rotatable bonds is 5. The van der Waals surface area contributed by atoms with Crippen molar-refractivity contribution >= 4 is 5.97 Å². The molecule has 4 rings (SSSR count). The van der Waals surface area contributed by atoms with Gasteiger partial charge >= 0.3 is 5.97 Å². The van der Waals surface area contributed by atoms with Crippen LogP contribution in [0, 0.1) is 5.41 Å². The van der Waals surface area contributed by atoms with Crippen LogP contribution < -0.4 is 0 Å². The average molecular weight is 332 g/mol. The van der Waals surface area contributed by atoms with Gasteiger partial charge in [-0.25, -0.2) is 0 Å². The van der Waals surface area contributed by atoms with Crippen molar-refractivity contribution in [1.29, 1.82) is 0 Å². The molecule has 2 aromatic carbocycles. The topological polar surface area (TPSA) is 37.3 Å². The van der Waals surface area contributed by atoms with Crippen molar-refractivity contribution in [2.45, 2.75) is 44.4 Å². The lowest BCUT2D eigenvalue weighted by atomic mass is 9.64. The van der Waals surface area contributed by atoms with Crippen LogP contribution in [-0.2, 0) is 17.6 Å². The number of carboxylic acid groups (broad SMARTS) is 1. The minimum atomic E-state index is -0.815. The quantitative estimate of drug-likeness (QED) is 0.770. The molecule has 2 aliphatic carbocycles. The van der Waals surface area contributed by atoms with Crippen molar-refractivity contribution in [2.75, 3.05) is 0 Å². The second kappa shape index (κ2) is 6.51. The summed E-state index contributed by atoms with van der Waals surface area (Å²) in [7, 11) is 0. The van der Waals surface area contributed by atoms with Crippen LogP contribution in [0.2, 0.25) is 0 Å². The summed E-state index contributed by atoms with van der Waals surface area (Å²) in [4.78, 5) is 12.8. The molecular weight excluding hydrogens is 308 g/mol. The fourth-order valence-electron chi connectivity index (χ4n) is 4.89. The highest BCUT2D eigenvalue weighted by Crippen LogP contribution is 2.53. The third kappa shape index (κ3) is 2.70. The number of benzene rings is 2. The summed E-state index contributed by atoms with van der Waals surface area (Å²) in [6, 6.07) is 18.6. The van der Waals surface area contributed by atoms with Crippen LogP contribution in [0.4, 0.5) is 0 Å². The molecule has 0 aliphatic heterocycles. The van der Waals surface area contributed by atoms with Gasteiger partial charge < -0.3 is 5.11 Å². The molecule has 0 bridgehead atoms. The van der Waals surface area contributed by atoms with Crippen molar-refractivity contribution < 1.29 is 9.90 Å². The molecule has 0 saturated heterocycles. The van der Waals surface area contributed by atoms with Gasteiger partial charge in [-0.2, -0.15) is 0 Å². The Morgan fingerprint density at radius 1 is 1.04 bits per heavy atom. The van der Waals surface area contributed by atoms with Crippen LogP contribution in [0.1, 0.15) is 48.3 Å². The van der Waals surface area contributed by atoms with Crippen LogP contribution in [-0.4, -0.2) is 11.1 Å². The van der Waals surface area contributed by atoms with E-state index < -0.39 is 11.4 Å². The molecule has 2 heteroatoms. The highest BCUT2D eigenvalue weighted by Gasteiger charge is 2.51. The summed E-state index contributed by atoms with van der Waals surface area (Å²) in [6.07, 6.45) is 7.69. The number of carbonyl (C=O) groups is 1. The van der Waals surface area contributed by atoms with Gasteiger partial charge in [-0.1, -0.05) is 66.2 Å². The Bertz CT molecular complexity index is 806. The Hall–Kier alpha value is -2.35. The summed E-state index contributed by atoms with van der Waals surface area (Å²) in [5.74, 6) is -0.600. The number of aryl methyl sites for hydroxylation is 1. The van der Waals surface area contributed by atoms with Crippen molar-refractivity contribution in [3.63, 3.8) is 0 Å². The van der Waals surface area contributed by atoms with Gasteiger partial charge in [-0.05, 0) is 55.2 Å². The maximum Gasteiger partial charge on any atom is 0.314 e. The predicted molar refractivity (Wildman–Crippen MR) is 99.7 cm³/mol. The second-order valence-electron chi connectivity index (χ2n) is 7.35. The highest BCUT2D eigenvalue weighted by molar-refractivity contribution is 5.81. The lowest BCUT2D eigenvalue weighted by Gasteiger charge is -2.38. The van der Waals surface area contributed by atoms with E-state index >= 15 is 0 Å². The van der Waals surface area contributed by atoms with E-state index in [2.05, 4.69) is 42.5 Å². The molecule has 0 aromatic heterocycles. The zero-order valence-electron chi connectivity index (χ0n) is 14.4. The zero-order chi connectivity index (χ0) is 17.3. The van der Waals surface area contributed by atoms with Gasteiger partial charge in [0.2, 0.25) is 0 Å². The summed E-state index contributed by atoms with van der Waals surface area (Å²) >= 11 is 0. The number of aliphatic carboxylic acids is 1. The van der Waals surface area contributed by atoms with Crippen molar-refractivity contribution in [3.05, 3.63) is 82.9 Å². The number of allylic oxidation sites excluding steroid dienone is 1. The van der Waals surface area contributed by atoms with Gasteiger partial charge in [0.05, 0.1) is 5.41 Å². The zero-order valence-corrected chi connectivity index (χ0v) is 14.4. The molecule has 0 amide bonds. The molecule has 2 atom stereocenters. The Morgan fingerprint density at radius 3 is 2.52 bits per heavy atom. The predicted octanol–water partition coefficient (Wildman–Crippen LogP) is 5.14. The van der Waals surface area contributed by atoms with Gasteiger partial charge in [0.25, 0.3) is 0 Å². The van der Waals surface area contributed by atoms with E-state index in [1.165, 1.54) is 11.1 Å². The molecule has 128 valence electrons. The number of carboxylic acids is 1. The largest absolute Gasteiger partial charge is 0.481 e. The average Bonchev–Trinajstić information content (AvgIpc) is 3.31. The summed E-state index contributed by atoms with van der Waals surface area (Å²) < 4.78 is 0. The molecule has 0 heterocycles. The van der Waals surface area contributed by atoms with E-state index in [0.29, 0.717) is 6.42 Å². The molecule has 0 saturated carbocycles. The third-order valence-electron chi connectivity index (χ3n) is 6.05. The standard InChI is InChI=1S/C23H24O2/c24-22(25)23(19-11-5-6-12-19,16-17-8-2-1-3-9-17)21-15-14-18-10-4-7-13-20(18)21/h1-4,7-11,13,21H,5-6,12,14-16H2,(H,24,25). The molecular formula is C23H24O2. The van der Waals surface area contributed by atoms with E-state index in [1.807, 2.05) is 18.2 Å². The number of hydrogen-bond acceptors (Lipinski definition) is 1. The van der Waals surface area contributed by atoms with Crippen LogP contribution in [0.5, 0.6) is 0 Å². The number of fused-ring (bicyclic) bond motifs is 1. The van der Waals surface area contributed by atoms with Crippen molar-refractivity contribution in [3.8, 4) is 0 Å². The SMILES string of the molecule is O=C(O)C(Cc1ccccc1)(C1=CCCC1)C1CCc2ccccc21. The third-order valence-corrected chi connectivity index (χ3v) is 6.05. The first-order chi connectivity index (χ1) is 12.2. The minimum absolute atomic E-state index is 0.0609. The Balaban J connectivity index is 1.85. The van der Waals surface area contributed by atoms with E-state index in [1.54, 1.807) is 0 Å². The molecule has 25 heavy (non-hydrogen) atoms. The van der Waals surface area contributed by atoms with E-state index in [-0.39, 0.29) is 5.92 Å². The molecule has 0 fully saturated rings. The van der Waals surface area contributed by atoms with Gasteiger partial charge in [0, 0.05) is 5.92 Å². The Labute approximate surface area is 149 Å². The van der Waals surface area contributed by atoms with Gasteiger partial charge in [-0.15, -0.1) is 0 Å². The van der Waals surface area contributed by atoms with Gasteiger partial charge in [-0.3, -0.25) is 4.79 Å². The monoisotopic (exact) mass is 332 g/mol. The van der Waals surface area contributed by atoms with E-state index in [0.717, 1.165) is 43.2 Å². The van der Waals surface area contributed by atoms with E-state index in [4.69, 9.17) is 0 Å². The van der Waals surface area contributed by atoms with Gasteiger partial charge in [0.15, 0.2) is 0 Å². The summed E-state index contributed by atoms with van der Waals surface area (Å²) in [6.45, 7) is 0. The molecule has 2 aromatic rings. The Morgan fingerprint density at radius 2 is 1.80 bits per heavy atom. The smallest absolute Gasteiger partial charge is 0.314 e. The molecule has 1 N–H and O–H groups in total. The van der Waals surface area contributed by atoms with Crippen LogP contribution in [0.15, 0.2) is 66.2 Å².